The number of benzene rings is 2. The normalized spacial score (nSPS) is 13.5. The SMILES string of the molecule is Cc1ccc(-c2ccc(C(=O)NC(=S)Nc3cccc(C(=O)N4CCOCC4)c3)o2)cc1Cl. The van der Waals surface area contributed by atoms with E-state index < -0.39 is 5.91 Å². The van der Waals surface area contributed by atoms with E-state index in [0.29, 0.717) is 48.3 Å². The molecule has 0 aliphatic carbocycles. The van der Waals surface area contributed by atoms with Crippen LogP contribution in [0.15, 0.2) is 59.0 Å². The lowest BCUT2D eigenvalue weighted by atomic mass is 10.1. The first-order valence-electron chi connectivity index (χ1n) is 10.4. The van der Waals surface area contributed by atoms with Crippen LogP contribution in [0.5, 0.6) is 0 Å². The summed E-state index contributed by atoms with van der Waals surface area (Å²) < 4.78 is 11.0. The maximum absolute atomic E-state index is 12.7. The molecule has 1 aromatic heterocycles. The number of carbonyl (C=O) groups is 2. The second-order valence-electron chi connectivity index (χ2n) is 7.52. The van der Waals surface area contributed by atoms with E-state index >= 15 is 0 Å². The Kier molecular flexibility index (Phi) is 7.08. The zero-order valence-corrected chi connectivity index (χ0v) is 19.5. The average molecular weight is 484 g/mol. The quantitative estimate of drug-likeness (QED) is 0.531. The Morgan fingerprint density at radius 2 is 1.85 bits per heavy atom. The predicted molar refractivity (Wildman–Crippen MR) is 131 cm³/mol. The van der Waals surface area contributed by atoms with Gasteiger partial charge in [-0.1, -0.05) is 29.8 Å². The van der Waals surface area contributed by atoms with Gasteiger partial charge in [-0.3, -0.25) is 14.9 Å². The van der Waals surface area contributed by atoms with Crippen LogP contribution in [-0.4, -0.2) is 48.1 Å². The van der Waals surface area contributed by atoms with Gasteiger partial charge in [0.2, 0.25) is 0 Å². The summed E-state index contributed by atoms with van der Waals surface area (Å²) >= 11 is 11.4. The van der Waals surface area contributed by atoms with Crippen LogP contribution >= 0.6 is 23.8 Å². The fourth-order valence-electron chi connectivity index (χ4n) is 3.37. The molecule has 1 aliphatic heterocycles. The second-order valence-corrected chi connectivity index (χ2v) is 8.34. The lowest BCUT2D eigenvalue weighted by Crippen LogP contribution is -2.40. The summed E-state index contributed by atoms with van der Waals surface area (Å²) in [6, 6.07) is 15.8. The molecule has 0 unspecified atom stereocenters. The van der Waals surface area contributed by atoms with Crippen molar-refractivity contribution >= 4 is 46.4 Å². The van der Waals surface area contributed by atoms with Gasteiger partial charge in [-0.2, -0.15) is 0 Å². The fourth-order valence-corrected chi connectivity index (χ4v) is 3.76. The molecule has 3 aromatic rings. The van der Waals surface area contributed by atoms with Crippen molar-refractivity contribution in [1.82, 2.24) is 10.2 Å². The van der Waals surface area contributed by atoms with Gasteiger partial charge in [-0.05, 0) is 61.1 Å². The molecule has 7 nitrogen and oxygen atoms in total. The van der Waals surface area contributed by atoms with E-state index in [4.69, 9.17) is 33.0 Å². The Balaban J connectivity index is 1.38. The largest absolute Gasteiger partial charge is 0.451 e. The minimum absolute atomic E-state index is 0.0729. The first-order chi connectivity index (χ1) is 15.9. The molecule has 2 heterocycles. The summed E-state index contributed by atoms with van der Waals surface area (Å²) in [6.07, 6.45) is 0. The zero-order valence-electron chi connectivity index (χ0n) is 17.9. The molecule has 0 atom stereocenters. The van der Waals surface area contributed by atoms with E-state index in [9.17, 15) is 9.59 Å². The molecule has 0 bridgehead atoms. The highest BCUT2D eigenvalue weighted by Crippen LogP contribution is 2.27. The highest BCUT2D eigenvalue weighted by Gasteiger charge is 2.19. The van der Waals surface area contributed by atoms with Gasteiger partial charge in [0, 0.05) is 34.9 Å². The van der Waals surface area contributed by atoms with E-state index in [1.807, 2.05) is 19.1 Å². The number of morpholine rings is 1. The van der Waals surface area contributed by atoms with Crippen molar-refractivity contribution in [2.75, 3.05) is 31.6 Å². The smallest absolute Gasteiger partial charge is 0.293 e. The van der Waals surface area contributed by atoms with Crippen LogP contribution in [0.2, 0.25) is 5.02 Å². The number of aryl methyl sites for hydroxylation is 1. The molecule has 1 fully saturated rings. The number of nitrogens with one attached hydrogen (secondary N) is 2. The van der Waals surface area contributed by atoms with Crippen LogP contribution in [0.1, 0.15) is 26.5 Å². The van der Waals surface area contributed by atoms with Crippen LogP contribution < -0.4 is 10.6 Å². The van der Waals surface area contributed by atoms with E-state index in [0.717, 1.165) is 11.1 Å². The standard InChI is InChI=1S/C24H22ClN3O4S/c1-15-5-6-16(14-19(15)25)20-7-8-21(32-20)22(29)27-24(33)26-18-4-2-3-17(13-18)23(30)28-9-11-31-12-10-28/h2-8,13-14H,9-12H2,1H3,(H2,26,27,29,33). The predicted octanol–water partition coefficient (Wildman–Crippen LogP) is 4.51. The van der Waals surface area contributed by atoms with Crippen molar-refractivity contribution in [3.05, 3.63) is 76.5 Å². The molecular formula is C24H22ClN3O4S. The number of halogens is 1. The summed E-state index contributed by atoms with van der Waals surface area (Å²) in [7, 11) is 0. The van der Waals surface area contributed by atoms with Gasteiger partial charge in [0.25, 0.3) is 11.8 Å². The maximum atomic E-state index is 12.7. The van der Waals surface area contributed by atoms with Crippen molar-refractivity contribution in [3.63, 3.8) is 0 Å². The molecule has 9 heteroatoms. The zero-order chi connectivity index (χ0) is 23.4. The van der Waals surface area contributed by atoms with Gasteiger partial charge in [0.05, 0.1) is 13.2 Å². The molecule has 0 spiro atoms. The Hall–Kier alpha value is -3.20. The molecule has 33 heavy (non-hydrogen) atoms. The number of hydrogen-bond acceptors (Lipinski definition) is 5. The van der Waals surface area contributed by atoms with Gasteiger partial charge in [-0.25, -0.2) is 0 Å². The van der Waals surface area contributed by atoms with Crippen LogP contribution in [0, 0.1) is 6.92 Å². The van der Waals surface area contributed by atoms with Crippen LogP contribution in [0.4, 0.5) is 5.69 Å². The number of amides is 2. The molecule has 2 N–H and O–H groups in total. The van der Waals surface area contributed by atoms with Crippen LogP contribution in [-0.2, 0) is 4.74 Å². The van der Waals surface area contributed by atoms with Crippen LogP contribution in [0.25, 0.3) is 11.3 Å². The van der Waals surface area contributed by atoms with Gasteiger partial charge in [-0.15, -0.1) is 0 Å². The number of ether oxygens (including phenoxy) is 1. The van der Waals surface area contributed by atoms with Gasteiger partial charge < -0.3 is 19.4 Å². The number of anilines is 1. The van der Waals surface area contributed by atoms with Gasteiger partial charge in [0.15, 0.2) is 10.9 Å². The van der Waals surface area contributed by atoms with Gasteiger partial charge >= 0.3 is 0 Å². The molecule has 170 valence electrons. The lowest BCUT2D eigenvalue weighted by molar-refractivity contribution is 0.0303. The molecule has 0 radical (unpaired) electrons. The number of hydrogen-bond donors (Lipinski definition) is 2. The Morgan fingerprint density at radius 3 is 2.61 bits per heavy atom. The first-order valence-corrected chi connectivity index (χ1v) is 11.1. The number of thiocarbonyl (C=S) groups is 1. The van der Waals surface area contributed by atoms with Gasteiger partial charge in [0.1, 0.15) is 5.76 Å². The van der Waals surface area contributed by atoms with Crippen LogP contribution in [0.3, 0.4) is 0 Å². The molecule has 0 saturated carbocycles. The molecular weight excluding hydrogens is 462 g/mol. The number of carbonyl (C=O) groups excluding carboxylic acids is 2. The topological polar surface area (TPSA) is 83.8 Å². The number of furan rings is 1. The van der Waals surface area contributed by atoms with E-state index in [2.05, 4.69) is 10.6 Å². The lowest BCUT2D eigenvalue weighted by Gasteiger charge is -2.27. The Bertz CT molecular complexity index is 1200. The highest BCUT2D eigenvalue weighted by atomic mass is 35.5. The molecule has 2 aromatic carbocycles. The van der Waals surface area contributed by atoms with Crippen molar-refractivity contribution in [3.8, 4) is 11.3 Å². The van der Waals surface area contributed by atoms with E-state index in [-0.39, 0.29) is 16.8 Å². The number of nitrogens with zero attached hydrogens (tertiary/aromatic N) is 1. The first kappa shape index (κ1) is 23.0. The van der Waals surface area contributed by atoms with E-state index in [1.165, 1.54) is 0 Å². The Morgan fingerprint density at radius 1 is 1.06 bits per heavy atom. The third kappa shape index (κ3) is 5.60. The molecule has 4 rings (SSSR count). The Labute approximate surface area is 201 Å². The fraction of sp³-hybridized carbons (Fsp3) is 0.208. The van der Waals surface area contributed by atoms with Crippen molar-refractivity contribution in [2.24, 2.45) is 0 Å². The van der Waals surface area contributed by atoms with E-state index in [1.54, 1.807) is 47.4 Å². The maximum Gasteiger partial charge on any atom is 0.293 e. The third-order valence-electron chi connectivity index (χ3n) is 5.18. The monoisotopic (exact) mass is 483 g/mol. The highest BCUT2D eigenvalue weighted by molar-refractivity contribution is 7.80. The minimum Gasteiger partial charge on any atom is -0.451 e. The summed E-state index contributed by atoms with van der Waals surface area (Å²) in [5, 5.41) is 6.24. The average Bonchev–Trinajstić information content (AvgIpc) is 3.31. The third-order valence-corrected chi connectivity index (χ3v) is 5.79. The summed E-state index contributed by atoms with van der Waals surface area (Å²) in [5.41, 5.74) is 2.85. The number of rotatable bonds is 4. The molecule has 1 aliphatic rings. The van der Waals surface area contributed by atoms with Crippen molar-refractivity contribution < 1.29 is 18.7 Å². The molecule has 1 saturated heterocycles. The molecule has 2 amide bonds. The minimum atomic E-state index is -0.488. The summed E-state index contributed by atoms with van der Waals surface area (Å²) in [4.78, 5) is 27.0. The second kappa shape index (κ2) is 10.2. The summed E-state index contributed by atoms with van der Waals surface area (Å²) in [6.45, 7) is 4.10. The van der Waals surface area contributed by atoms with Crippen molar-refractivity contribution in [2.45, 2.75) is 6.92 Å². The summed E-state index contributed by atoms with van der Waals surface area (Å²) in [5.74, 6) is 0.0751. The van der Waals surface area contributed by atoms with Crippen molar-refractivity contribution in [1.29, 1.82) is 0 Å².